The Morgan fingerprint density at radius 1 is 0.786 bits per heavy atom. The van der Waals surface area contributed by atoms with Crippen LogP contribution in [0.5, 0.6) is 0 Å². The summed E-state index contributed by atoms with van der Waals surface area (Å²) < 4.78 is 5.12. The van der Waals surface area contributed by atoms with Gasteiger partial charge in [-0.05, 0) is 0 Å². The van der Waals surface area contributed by atoms with Gasteiger partial charge in [-0.25, -0.2) is 0 Å². The predicted molar refractivity (Wildman–Crippen MR) is 115 cm³/mol. The van der Waals surface area contributed by atoms with Crippen molar-refractivity contribution in [1.82, 2.24) is 0 Å². The number of benzene rings is 3. The van der Waals surface area contributed by atoms with Gasteiger partial charge in [-0.1, -0.05) is 0 Å². The molecule has 0 aliphatic heterocycles. The summed E-state index contributed by atoms with van der Waals surface area (Å²) in [5.74, 6) is -1.51. The number of ether oxygens (including phenoxy) is 1. The molecule has 5 heteroatoms. The second-order valence-corrected chi connectivity index (χ2v) is 10.6. The van der Waals surface area contributed by atoms with Crippen LogP contribution in [-0.2, 0) is 14.3 Å². The van der Waals surface area contributed by atoms with Gasteiger partial charge < -0.3 is 0 Å². The van der Waals surface area contributed by atoms with E-state index in [0.29, 0.717) is 0 Å². The Morgan fingerprint density at radius 3 is 1.43 bits per heavy atom. The van der Waals surface area contributed by atoms with E-state index in [1.54, 1.807) is 0 Å². The Morgan fingerprint density at radius 2 is 1.14 bits per heavy atom. The first kappa shape index (κ1) is 19.8. The number of rotatable bonds is 7. The first-order valence-electron chi connectivity index (χ1n) is 9.07. The van der Waals surface area contributed by atoms with Gasteiger partial charge >= 0.3 is 165 Å². The Kier molecular flexibility index (Phi) is 6.23. The van der Waals surface area contributed by atoms with Gasteiger partial charge in [0.25, 0.3) is 0 Å². The van der Waals surface area contributed by atoms with Gasteiger partial charge in [-0.15, -0.1) is 0 Å². The summed E-state index contributed by atoms with van der Waals surface area (Å²) >= 11 is 0. The van der Waals surface area contributed by atoms with Crippen LogP contribution in [0.15, 0.2) is 91.0 Å². The molecule has 3 aromatic carbocycles. The quantitative estimate of drug-likeness (QED) is 0.494. The number of hydrogen-bond acceptors (Lipinski definition) is 3. The van der Waals surface area contributed by atoms with Crippen molar-refractivity contribution >= 4 is 35.1 Å². The molecule has 1 N–H and O–H groups in total. The molecule has 0 spiro atoms. The second-order valence-electron chi connectivity index (χ2n) is 6.58. The van der Waals surface area contributed by atoms with Crippen LogP contribution in [0.3, 0.4) is 0 Å². The van der Waals surface area contributed by atoms with Crippen molar-refractivity contribution in [3.05, 3.63) is 91.0 Å². The van der Waals surface area contributed by atoms with Crippen molar-refractivity contribution in [3.8, 4) is 0 Å². The molecule has 0 aromatic heterocycles. The van der Waals surface area contributed by atoms with Crippen LogP contribution < -0.4 is 15.9 Å². The Labute approximate surface area is 165 Å². The number of methoxy groups -OCH3 is 1. The first-order chi connectivity index (χ1) is 13.6. The number of carboxylic acid groups (broad SMARTS) is 1. The van der Waals surface area contributed by atoms with Crippen molar-refractivity contribution in [2.24, 2.45) is 0 Å². The van der Waals surface area contributed by atoms with Crippen molar-refractivity contribution in [2.45, 2.75) is 12.1 Å². The van der Waals surface area contributed by atoms with E-state index in [0.717, 1.165) is 15.9 Å². The molecular weight excluding hydrogens is 371 g/mol. The summed E-state index contributed by atoms with van der Waals surface area (Å²) in [6.45, 7) is 0. The van der Waals surface area contributed by atoms with Crippen LogP contribution in [0, 0.1) is 0 Å². The molecule has 0 radical (unpaired) electrons. The van der Waals surface area contributed by atoms with E-state index in [1.807, 2.05) is 91.0 Å². The first-order valence-corrected chi connectivity index (χ1v) is 11.1. The van der Waals surface area contributed by atoms with E-state index in [2.05, 4.69) is 0 Å². The molecule has 0 amide bonds. The fourth-order valence-corrected chi connectivity index (χ4v) is 9.25. The van der Waals surface area contributed by atoms with E-state index < -0.39 is 24.9 Å². The number of esters is 1. The third kappa shape index (κ3) is 3.69. The number of carbonyl (C=O) groups is 2. The maximum absolute atomic E-state index is 13.0. The molecule has 0 aliphatic carbocycles. The minimum absolute atomic E-state index is 0.294. The van der Waals surface area contributed by atoms with Gasteiger partial charge in [0.1, 0.15) is 0 Å². The molecule has 144 valence electrons. The summed E-state index contributed by atoms with van der Waals surface area (Å²) in [4.78, 5) is 24.7. The second kappa shape index (κ2) is 8.81. The van der Waals surface area contributed by atoms with Gasteiger partial charge in [-0.2, -0.15) is 0 Å². The molecule has 1 atom stereocenters. The number of aliphatic carboxylic acids is 1. The van der Waals surface area contributed by atoms with Crippen LogP contribution in [0.4, 0.5) is 0 Å². The summed E-state index contributed by atoms with van der Waals surface area (Å²) in [6.07, 6.45) is -0.294. The number of carbonyl (C=O) groups excluding carboxylic acids is 1. The zero-order valence-electron chi connectivity index (χ0n) is 15.6. The third-order valence-electron chi connectivity index (χ3n) is 5.07. The van der Waals surface area contributed by atoms with Crippen molar-refractivity contribution in [1.29, 1.82) is 0 Å². The molecule has 3 rings (SSSR count). The monoisotopic (exact) mass is 394 g/mol. The normalized spacial score (nSPS) is 12.8. The molecule has 0 saturated heterocycles. The van der Waals surface area contributed by atoms with Gasteiger partial charge in [-0.3, -0.25) is 0 Å². The average molecular weight is 394 g/mol. The molecule has 4 nitrogen and oxygen atoms in total. The van der Waals surface area contributed by atoms with Crippen LogP contribution in [0.2, 0.25) is 0 Å². The molecule has 0 bridgehead atoms. The maximum atomic E-state index is 13.0. The predicted octanol–water partition coefficient (Wildman–Crippen LogP) is 2.73. The summed E-state index contributed by atoms with van der Waals surface area (Å²) in [5.41, 5.74) is -0.804. The van der Waals surface area contributed by atoms with Crippen molar-refractivity contribution < 1.29 is 19.4 Å². The fourth-order valence-electron chi connectivity index (χ4n) is 3.94. The molecule has 0 saturated carbocycles. The molecule has 1 unspecified atom stereocenters. The van der Waals surface area contributed by atoms with Gasteiger partial charge in [0.15, 0.2) is 0 Å². The summed E-state index contributed by atoms with van der Waals surface area (Å²) in [6, 6.07) is 29.3. The fraction of sp³-hybridized carbons (Fsp3) is 0.130. The van der Waals surface area contributed by atoms with Gasteiger partial charge in [0.2, 0.25) is 0 Å². The molecule has 0 heterocycles. The van der Waals surface area contributed by atoms with E-state index >= 15 is 0 Å². The van der Waals surface area contributed by atoms with Crippen LogP contribution >= 0.6 is 7.26 Å². The molecule has 28 heavy (non-hydrogen) atoms. The molecule has 3 aromatic rings. The van der Waals surface area contributed by atoms with Gasteiger partial charge in [0.05, 0.1) is 0 Å². The van der Waals surface area contributed by atoms with Crippen LogP contribution in [0.25, 0.3) is 0 Å². The minimum atomic E-state index is -3.06. The standard InChI is InChI=1S/C23H23O4P/c1-27-23(26)21(17-22(24)25)28(18-11-5-2-6-12-18,19-13-7-3-8-14-19)20-15-9-4-10-16-20/h2-16,21,28H,17H2,1H3,(H,24,25). The number of carboxylic acids is 1. The zero-order valence-corrected chi connectivity index (χ0v) is 16.6. The zero-order chi connectivity index (χ0) is 20.0. The van der Waals surface area contributed by atoms with Crippen LogP contribution in [0.1, 0.15) is 6.42 Å². The topological polar surface area (TPSA) is 63.6 Å². The average Bonchev–Trinajstić information content (AvgIpc) is 2.75. The molecular formula is C23H23O4P. The van der Waals surface area contributed by atoms with Crippen molar-refractivity contribution in [2.75, 3.05) is 7.11 Å². The van der Waals surface area contributed by atoms with E-state index in [4.69, 9.17) is 4.74 Å². The van der Waals surface area contributed by atoms with Crippen LogP contribution in [-0.4, -0.2) is 29.8 Å². The summed E-state index contributed by atoms with van der Waals surface area (Å²) in [7, 11) is -1.74. The van der Waals surface area contributed by atoms with E-state index in [-0.39, 0.29) is 6.42 Å². The SMILES string of the molecule is COC(=O)C(CC(=O)O)[PH](c1ccccc1)(c1ccccc1)c1ccccc1. The number of hydrogen-bond donors (Lipinski definition) is 1. The van der Waals surface area contributed by atoms with E-state index in [1.165, 1.54) is 7.11 Å². The Hall–Kier alpha value is -2.97. The third-order valence-corrected chi connectivity index (χ3v) is 10.3. The van der Waals surface area contributed by atoms with E-state index in [9.17, 15) is 14.7 Å². The van der Waals surface area contributed by atoms with Gasteiger partial charge in [0, 0.05) is 0 Å². The summed E-state index contributed by atoms with van der Waals surface area (Å²) in [5, 5.41) is 12.6. The van der Waals surface area contributed by atoms with Crippen molar-refractivity contribution in [3.63, 3.8) is 0 Å². The Bertz CT molecular complexity index is 830. The molecule has 0 fully saturated rings. The Balaban J connectivity index is 2.42. The molecule has 0 aliphatic rings.